The van der Waals surface area contributed by atoms with Crippen molar-refractivity contribution in [1.29, 1.82) is 0 Å². The minimum absolute atomic E-state index is 0.261. The van der Waals surface area contributed by atoms with Crippen LogP contribution < -0.4 is 0 Å². The van der Waals surface area contributed by atoms with Crippen LogP contribution in [0, 0.1) is 0 Å². The van der Waals surface area contributed by atoms with E-state index in [1.165, 1.54) is 0 Å². The second-order valence-electron chi connectivity index (χ2n) is 6.00. The average molecular weight is 330 g/mol. The van der Waals surface area contributed by atoms with Crippen LogP contribution in [0.1, 0.15) is 11.1 Å². The van der Waals surface area contributed by atoms with Crippen LogP contribution in [0.3, 0.4) is 0 Å². The van der Waals surface area contributed by atoms with Crippen molar-refractivity contribution in [1.82, 2.24) is 0 Å². The molecule has 0 aromatic heterocycles. The Morgan fingerprint density at radius 2 is 1.46 bits per heavy atom. The van der Waals surface area contributed by atoms with Gasteiger partial charge in [0.2, 0.25) is 0 Å². The van der Waals surface area contributed by atoms with Gasteiger partial charge in [-0.1, -0.05) is 60.7 Å². The molecule has 1 saturated heterocycles. The zero-order chi connectivity index (χ0) is 16.9. The first-order chi connectivity index (χ1) is 11.6. The molecular formula is C19H22O5. The van der Waals surface area contributed by atoms with E-state index in [1.54, 1.807) is 0 Å². The Hall–Kier alpha value is -1.76. The Bertz CT molecular complexity index is 618. The van der Waals surface area contributed by atoms with Crippen LogP contribution in [0.15, 0.2) is 60.7 Å². The normalized spacial score (nSPS) is 28.0. The zero-order valence-corrected chi connectivity index (χ0v) is 13.2. The van der Waals surface area contributed by atoms with Gasteiger partial charge in [0.15, 0.2) is 6.29 Å². The summed E-state index contributed by atoms with van der Waals surface area (Å²) in [6.07, 6.45) is -4.83. The third-order valence-corrected chi connectivity index (χ3v) is 4.18. The predicted molar refractivity (Wildman–Crippen MR) is 88.1 cm³/mol. The number of aliphatic hydroxyl groups is 3. The molecule has 3 N–H and O–H groups in total. The number of hydrogen-bond donors (Lipinski definition) is 3. The number of aliphatic hydroxyl groups excluding tert-OH is 3. The number of rotatable bonds is 6. The van der Waals surface area contributed by atoms with Crippen molar-refractivity contribution in [3.8, 4) is 0 Å². The molecule has 128 valence electrons. The highest BCUT2D eigenvalue weighted by Crippen LogP contribution is 2.26. The third-order valence-electron chi connectivity index (χ3n) is 4.18. The van der Waals surface area contributed by atoms with E-state index in [9.17, 15) is 15.3 Å². The van der Waals surface area contributed by atoms with Gasteiger partial charge in [0.25, 0.3) is 0 Å². The van der Waals surface area contributed by atoms with Gasteiger partial charge in [0, 0.05) is 6.42 Å². The van der Waals surface area contributed by atoms with Crippen LogP contribution in [-0.4, -0.2) is 46.0 Å². The fourth-order valence-corrected chi connectivity index (χ4v) is 2.85. The van der Waals surface area contributed by atoms with Crippen molar-refractivity contribution < 1.29 is 24.8 Å². The Morgan fingerprint density at radius 3 is 2.08 bits per heavy atom. The van der Waals surface area contributed by atoms with Crippen LogP contribution in [0.25, 0.3) is 0 Å². The molecule has 0 aliphatic carbocycles. The quantitative estimate of drug-likeness (QED) is 0.743. The molecule has 2 unspecified atom stereocenters. The second-order valence-corrected chi connectivity index (χ2v) is 6.00. The van der Waals surface area contributed by atoms with Crippen molar-refractivity contribution in [3.63, 3.8) is 0 Å². The summed E-state index contributed by atoms with van der Waals surface area (Å²) in [5.74, 6) is 0. The first kappa shape index (κ1) is 17.1. The molecule has 24 heavy (non-hydrogen) atoms. The molecule has 1 fully saturated rings. The molecule has 0 radical (unpaired) electrons. The Kier molecular flexibility index (Phi) is 5.60. The van der Waals surface area contributed by atoms with Crippen molar-refractivity contribution in [3.05, 3.63) is 71.8 Å². The molecular weight excluding hydrogens is 308 g/mol. The maximum absolute atomic E-state index is 10.3. The first-order valence-corrected chi connectivity index (χ1v) is 8.04. The van der Waals surface area contributed by atoms with Gasteiger partial charge in [-0.15, -0.1) is 0 Å². The van der Waals surface area contributed by atoms with Gasteiger partial charge >= 0.3 is 0 Å². The fraction of sp³-hybridized carbons (Fsp3) is 0.368. The van der Waals surface area contributed by atoms with E-state index >= 15 is 0 Å². The highest BCUT2D eigenvalue weighted by atomic mass is 16.7. The van der Waals surface area contributed by atoms with Gasteiger partial charge in [-0.3, -0.25) is 0 Å². The first-order valence-electron chi connectivity index (χ1n) is 8.04. The molecule has 2 aromatic rings. The molecule has 2 aromatic carbocycles. The summed E-state index contributed by atoms with van der Waals surface area (Å²) >= 11 is 0. The van der Waals surface area contributed by atoms with Crippen molar-refractivity contribution in [2.24, 2.45) is 0 Å². The van der Waals surface area contributed by atoms with E-state index in [4.69, 9.17) is 9.47 Å². The van der Waals surface area contributed by atoms with Crippen molar-refractivity contribution in [2.75, 3.05) is 0 Å². The van der Waals surface area contributed by atoms with Gasteiger partial charge in [-0.05, 0) is 11.1 Å². The van der Waals surface area contributed by atoms with Gasteiger partial charge in [-0.2, -0.15) is 0 Å². The highest BCUT2D eigenvalue weighted by molar-refractivity contribution is 5.16. The van der Waals surface area contributed by atoms with Crippen molar-refractivity contribution >= 4 is 0 Å². The number of ether oxygens (including phenoxy) is 2. The Labute approximate surface area is 141 Å². The van der Waals surface area contributed by atoms with E-state index < -0.39 is 30.7 Å². The largest absolute Gasteiger partial charge is 0.390 e. The van der Waals surface area contributed by atoms with Crippen molar-refractivity contribution in [2.45, 2.75) is 43.7 Å². The lowest BCUT2D eigenvalue weighted by atomic mass is 9.99. The van der Waals surface area contributed by atoms with Crippen LogP contribution in [-0.2, 0) is 22.5 Å². The van der Waals surface area contributed by atoms with E-state index in [2.05, 4.69) is 0 Å². The van der Waals surface area contributed by atoms with Gasteiger partial charge in [0.05, 0.1) is 12.7 Å². The summed E-state index contributed by atoms with van der Waals surface area (Å²) in [5.41, 5.74) is 1.88. The highest BCUT2D eigenvalue weighted by Gasteiger charge is 2.46. The van der Waals surface area contributed by atoms with Crippen LogP contribution >= 0.6 is 0 Å². The monoisotopic (exact) mass is 330 g/mol. The Balaban J connectivity index is 1.57. The van der Waals surface area contributed by atoms with Gasteiger partial charge in [-0.25, -0.2) is 0 Å². The summed E-state index contributed by atoms with van der Waals surface area (Å²) < 4.78 is 11.1. The van der Waals surface area contributed by atoms with E-state index in [0.717, 1.165) is 11.1 Å². The molecule has 5 heteroatoms. The molecule has 0 amide bonds. The standard InChI is InChI=1S/C19H22O5/c20-15(11-13-7-3-1-4-8-13)18-16(21)17(22)19(24-18)23-12-14-9-5-2-6-10-14/h1-10,15-22H,11-12H2/t15?,16-,17+,18+,19?/m0/s1. The maximum Gasteiger partial charge on any atom is 0.187 e. The van der Waals surface area contributed by atoms with E-state index in [1.807, 2.05) is 60.7 Å². The zero-order valence-electron chi connectivity index (χ0n) is 13.2. The molecule has 0 spiro atoms. The molecule has 5 atom stereocenters. The van der Waals surface area contributed by atoms with E-state index in [-0.39, 0.29) is 6.61 Å². The van der Waals surface area contributed by atoms with Crippen LogP contribution in [0.5, 0.6) is 0 Å². The molecule has 1 aliphatic rings. The molecule has 0 bridgehead atoms. The molecule has 1 heterocycles. The second kappa shape index (κ2) is 7.88. The lowest BCUT2D eigenvalue weighted by Gasteiger charge is -2.21. The minimum atomic E-state index is -1.19. The number of benzene rings is 2. The molecule has 1 aliphatic heterocycles. The number of hydrogen-bond acceptors (Lipinski definition) is 5. The summed E-state index contributed by atoms with van der Waals surface area (Å²) in [5, 5.41) is 30.6. The SMILES string of the molecule is OC(Cc1ccccc1)[C@H]1OC(OCc2ccccc2)[C@H](O)[C@@H]1O. The maximum atomic E-state index is 10.3. The summed E-state index contributed by atoms with van der Waals surface area (Å²) in [4.78, 5) is 0. The van der Waals surface area contributed by atoms with Crippen LogP contribution in [0.4, 0.5) is 0 Å². The molecule has 3 rings (SSSR count). The summed E-state index contributed by atoms with van der Waals surface area (Å²) in [6, 6.07) is 19.0. The third kappa shape index (κ3) is 4.01. The van der Waals surface area contributed by atoms with Crippen LogP contribution in [0.2, 0.25) is 0 Å². The lowest BCUT2D eigenvalue weighted by molar-refractivity contribution is -0.183. The minimum Gasteiger partial charge on any atom is -0.390 e. The van der Waals surface area contributed by atoms with E-state index in [0.29, 0.717) is 6.42 Å². The van der Waals surface area contributed by atoms with Gasteiger partial charge in [0.1, 0.15) is 18.3 Å². The smallest absolute Gasteiger partial charge is 0.187 e. The summed E-state index contributed by atoms with van der Waals surface area (Å²) in [6.45, 7) is 0.261. The van der Waals surface area contributed by atoms with Gasteiger partial charge < -0.3 is 24.8 Å². The topological polar surface area (TPSA) is 79.2 Å². The fourth-order valence-electron chi connectivity index (χ4n) is 2.85. The molecule has 5 nitrogen and oxygen atoms in total. The predicted octanol–water partition coefficient (Wildman–Crippen LogP) is 1.25. The Morgan fingerprint density at radius 1 is 0.875 bits per heavy atom. The lowest BCUT2D eigenvalue weighted by Crippen LogP contribution is -2.39. The average Bonchev–Trinajstić information content (AvgIpc) is 2.90. The molecule has 0 saturated carbocycles. The summed E-state index contributed by atoms with van der Waals surface area (Å²) in [7, 11) is 0.